The number of imidazole rings is 1. The lowest BCUT2D eigenvalue weighted by Crippen LogP contribution is -2.05. The molecule has 21 heavy (non-hydrogen) atoms. The van der Waals surface area contributed by atoms with E-state index in [1.807, 2.05) is 0 Å². The van der Waals surface area contributed by atoms with Gasteiger partial charge in [0.05, 0.1) is 21.5 Å². The van der Waals surface area contributed by atoms with Gasteiger partial charge in [-0.15, -0.1) is 0 Å². The lowest BCUT2D eigenvalue weighted by Gasteiger charge is -2.15. The second-order valence-corrected chi connectivity index (χ2v) is 6.11. The number of rotatable bonds is 1. The zero-order valence-corrected chi connectivity index (χ0v) is 12.6. The molecule has 4 rings (SSSR count). The van der Waals surface area contributed by atoms with Gasteiger partial charge in [-0.2, -0.15) is 0 Å². The summed E-state index contributed by atoms with van der Waals surface area (Å²) in [6.07, 6.45) is 1.77. The van der Waals surface area contributed by atoms with E-state index in [0.717, 1.165) is 29.7 Å². The Hall–Kier alpha value is -1.75. The summed E-state index contributed by atoms with van der Waals surface area (Å²) in [6.45, 7) is 0. The van der Waals surface area contributed by atoms with Gasteiger partial charge < -0.3 is 4.57 Å². The van der Waals surface area contributed by atoms with E-state index in [2.05, 4.69) is 25.5 Å². The molecule has 2 aromatic carbocycles. The molecule has 0 bridgehead atoms. The van der Waals surface area contributed by atoms with Crippen molar-refractivity contribution in [3.8, 4) is 0 Å². The molecular weight excluding hydrogens is 338 g/mol. The molecule has 1 aliphatic rings. The highest BCUT2D eigenvalue weighted by Gasteiger charge is 2.27. The van der Waals surface area contributed by atoms with Crippen LogP contribution in [-0.4, -0.2) is 9.55 Å². The van der Waals surface area contributed by atoms with Gasteiger partial charge in [0.15, 0.2) is 0 Å². The highest BCUT2D eigenvalue weighted by Crippen LogP contribution is 2.36. The van der Waals surface area contributed by atoms with Gasteiger partial charge in [-0.3, -0.25) is 0 Å². The molecule has 3 aromatic rings. The van der Waals surface area contributed by atoms with E-state index in [0.29, 0.717) is 9.99 Å². The minimum atomic E-state index is -0.308. The molecule has 0 spiro atoms. The Kier molecular flexibility index (Phi) is 2.85. The number of hydrogen-bond donors (Lipinski definition) is 0. The van der Waals surface area contributed by atoms with Crippen LogP contribution in [0.5, 0.6) is 0 Å². The zero-order valence-electron chi connectivity index (χ0n) is 11.0. The number of benzene rings is 2. The van der Waals surface area contributed by atoms with Gasteiger partial charge in [0.2, 0.25) is 0 Å². The van der Waals surface area contributed by atoms with Crippen LogP contribution in [0, 0.1) is 11.6 Å². The van der Waals surface area contributed by atoms with Crippen molar-refractivity contribution < 1.29 is 8.78 Å². The average molecular weight is 349 g/mol. The Morgan fingerprint density at radius 1 is 1.14 bits per heavy atom. The van der Waals surface area contributed by atoms with Gasteiger partial charge in [-0.05, 0) is 46.1 Å². The number of aromatic nitrogens is 2. The lowest BCUT2D eigenvalue weighted by molar-refractivity contribution is 0.612. The molecule has 2 heterocycles. The van der Waals surface area contributed by atoms with Crippen LogP contribution in [0.4, 0.5) is 8.78 Å². The van der Waals surface area contributed by atoms with Crippen LogP contribution in [0.25, 0.3) is 11.0 Å². The number of halogens is 3. The summed E-state index contributed by atoms with van der Waals surface area (Å²) in [7, 11) is 0. The van der Waals surface area contributed by atoms with Crippen molar-refractivity contribution in [3.05, 3.63) is 63.9 Å². The maximum Gasteiger partial charge on any atom is 0.139 e. The van der Waals surface area contributed by atoms with Crippen LogP contribution in [0.1, 0.15) is 23.9 Å². The minimum absolute atomic E-state index is 0.128. The van der Waals surface area contributed by atoms with Crippen LogP contribution in [0.15, 0.2) is 40.9 Å². The molecule has 0 fully saturated rings. The highest BCUT2D eigenvalue weighted by molar-refractivity contribution is 9.10. The summed E-state index contributed by atoms with van der Waals surface area (Å²) in [5.74, 6) is 0.409. The van der Waals surface area contributed by atoms with Crippen LogP contribution in [0.3, 0.4) is 0 Å². The quantitative estimate of drug-likeness (QED) is 0.627. The molecule has 5 heteroatoms. The fraction of sp³-hybridized carbons (Fsp3) is 0.188. The van der Waals surface area contributed by atoms with E-state index in [9.17, 15) is 8.78 Å². The number of aryl methyl sites for hydroxylation is 1. The third-order valence-electron chi connectivity index (χ3n) is 4.01. The molecule has 106 valence electrons. The van der Waals surface area contributed by atoms with Crippen molar-refractivity contribution in [2.75, 3.05) is 0 Å². The average Bonchev–Trinajstić information content (AvgIpc) is 3.00. The van der Waals surface area contributed by atoms with Crippen molar-refractivity contribution in [1.82, 2.24) is 9.55 Å². The predicted octanol–water partition coefficient (Wildman–Crippen LogP) is 4.61. The predicted molar refractivity (Wildman–Crippen MR) is 80.3 cm³/mol. The van der Waals surface area contributed by atoms with Crippen LogP contribution in [0.2, 0.25) is 0 Å². The Bertz CT molecular complexity index is 840. The molecule has 0 saturated carbocycles. The van der Waals surface area contributed by atoms with E-state index in [4.69, 9.17) is 0 Å². The van der Waals surface area contributed by atoms with Crippen molar-refractivity contribution in [1.29, 1.82) is 0 Å². The molecule has 2 nitrogen and oxygen atoms in total. The number of nitrogens with zero attached hydrogens (tertiary/aromatic N) is 2. The first-order valence-corrected chi connectivity index (χ1v) is 7.54. The van der Waals surface area contributed by atoms with Gasteiger partial charge in [0, 0.05) is 12.5 Å². The summed E-state index contributed by atoms with van der Waals surface area (Å²) < 4.78 is 29.3. The van der Waals surface area contributed by atoms with Crippen LogP contribution >= 0.6 is 15.9 Å². The molecule has 0 aliphatic carbocycles. The Balaban J connectivity index is 1.90. The topological polar surface area (TPSA) is 17.8 Å². The molecule has 1 atom stereocenters. The van der Waals surface area contributed by atoms with E-state index in [-0.39, 0.29) is 17.7 Å². The molecule has 0 unspecified atom stereocenters. The first-order valence-electron chi connectivity index (χ1n) is 6.75. The largest absolute Gasteiger partial charge is 0.320 e. The number of fused-ring (bicyclic) bond motifs is 3. The molecule has 0 radical (unpaired) electrons. The van der Waals surface area contributed by atoms with Crippen molar-refractivity contribution >= 4 is 27.0 Å². The maximum atomic E-state index is 13.6. The van der Waals surface area contributed by atoms with Gasteiger partial charge in [0.1, 0.15) is 17.5 Å². The second kappa shape index (κ2) is 4.63. The molecule has 0 N–H and O–H groups in total. The first kappa shape index (κ1) is 13.0. The molecule has 1 aliphatic heterocycles. The smallest absolute Gasteiger partial charge is 0.139 e. The highest BCUT2D eigenvalue weighted by atomic mass is 79.9. The normalized spacial score (nSPS) is 17.4. The van der Waals surface area contributed by atoms with Gasteiger partial charge in [-0.25, -0.2) is 13.8 Å². The summed E-state index contributed by atoms with van der Waals surface area (Å²) in [5.41, 5.74) is 2.62. The van der Waals surface area contributed by atoms with E-state index >= 15 is 0 Å². The third-order valence-corrected chi connectivity index (χ3v) is 4.62. The fourth-order valence-corrected chi connectivity index (χ4v) is 3.39. The fourth-order valence-electron chi connectivity index (χ4n) is 3.06. The molecule has 1 aromatic heterocycles. The van der Waals surface area contributed by atoms with Crippen molar-refractivity contribution in [2.24, 2.45) is 0 Å². The Morgan fingerprint density at radius 2 is 1.90 bits per heavy atom. The number of hydrogen-bond acceptors (Lipinski definition) is 1. The maximum absolute atomic E-state index is 13.6. The standard InChI is InChI=1S/C16H11BrF2N2/c17-11-7-15-13(8-12(11)19)20-16-6-5-14(21(15)16)9-1-3-10(18)4-2-9/h1-4,7-8,14H,5-6H2/t14-/m1/s1. The zero-order chi connectivity index (χ0) is 14.6. The summed E-state index contributed by atoms with van der Waals surface area (Å²) in [6, 6.07) is 9.90. The van der Waals surface area contributed by atoms with Crippen LogP contribution in [-0.2, 0) is 6.42 Å². The molecular formula is C16H11BrF2N2. The Morgan fingerprint density at radius 3 is 2.67 bits per heavy atom. The molecule has 0 amide bonds. The van der Waals surface area contributed by atoms with Crippen LogP contribution < -0.4 is 0 Å². The van der Waals surface area contributed by atoms with Crippen molar-refractivity contribution in [2.45, 2.75) is 18.9 Å². The monoisotopic (exact) mass is 348 g/mol. The summed E-state index contributed by atoms with van der Waals surface area (Å²) >= 11 is 3.23. The first-order chi connectivity index (χ1) is 10.1. The van der Waals surface area contributed by atoms with E-state index < -0.39 is 0 Å². The Labute approximate surface area is 128 Å². The second-order valence-electron chi connectivity index (χ2n) is 5.26. The van der Waals surface area contributed by atoms with E-state index in [1.54, 1.807) is 18.2 Å². The van der Waals surface area contributed by atoms with Gasteiger partial charge in [0.25, 0.3) is 0 Å². The third kappa shape index (κ3) is 1.99. The van der Waals surface area contributed by atoms with Gasteiger partial charge in [-0.1, -0.05) is 12.1 Å². The minimum Gasteiger partial charge on any atom is -0.320 e. The summed E-state index contributed by atoms with van der Waals surface area (Å²) in [4.78, 5) is 4.52. The summed E-state index contributed by atoms with van der Waals surface area (Å²) in [5, 5.41) is 0. The van der Waals surface area contributed by atoms with Crippen molar-refractivity contribution in [3.63, 3.8) is 0 Å². The van der Waals surface area contributed by atoms with Gasteiger partial charge >= 0.3 is 0 Å². The van der Waals surface area contributed by atoms with E-state index in [1.165, 1.54) is 18.2 Å². The molecule has 0 saturated heterocycles. The lowest BCUT2D eigenvalue weighted by atomic mass is 10.0. The SMILES string of the molecule is Fc1ccc([C@H]2CCc3nc4cc(F)c(Br)cc4n32)cc1.